The Bertz CT molecular complexity index is 1340. The molecule has 1 unspecified atom stereocenters. The average Bonchev–Trinajstić information content (AvgIpc) is 3.52. The highest BCUT2D eigenvalue weighted by Gasteiger charge is 2.24. The Morgan fingerprint density at radius 3 is 2.63 bits per heavy atom. The number of amides is 2. The number of hydrogen-bond donors (Lipinski definition) is 4. The van der Waals surface area contributed by atoms with E-state index in [1.165, 1.54) is 12.3 Å². The van der Waals surface area contributed by atoms with Crippen molar-refractivity contribution in [3.63, 3.8) is 0 Å². The summed E-state index contributed by atoms with van der Waals surface area (Å²) < 4.78 is 10.8. The van der Waals surface area contributed by atoms with Gasteiger partial charge < -0.3 is 24.6 Å². The predicted octanol–water partition coefficient (Wildman–Crippen LogP) is 2.32. The Kier molecular flexibility index (Phi) is 7.06. The highest BCUT2D eigenvalue weighted by Crippen LogP contribution is 2.27. The number of carbonyl (C=O) groups is 2. The number of aromatic nitrogens is 1. The van der Waals surface area contributed by atoms with Crippen LogP contribution in [0.2, 0.25) is 0 Å². The summed E-state index contributed by atoms with van der Waals surface area (Å²) in [7, 11) is 0. The second-order valence-corrected chi connectivity index (χ2v) is 7.90. The van der Waals surface area contributed by atoms with Gasteiger partial charge in [-0.15, -0.1) is 0 Å². The number of rotatable bonds is 9. The molecule has 1 atom stereocenters. The molecule has 9 nitrogen and oxygen atoms in total. The summed E-state index contributed by atoms with van der Waals surface area (Å²) in [6.45, 7) is 1.80. The fourth-order valence-electron chi connectivity index (χ4n) is 3.62. The van der Waals surface area contributed by atoms with Gasteiger partial charge in [0.15, 0.2) is 11.5 Å². The van der Waals surface area contributed by atoms with E-state index >= 15 is 0 Å². The minimum atomic E-state index is -0.624. The maximum absolute atomic E-state index is 13.0. The van der Waals surface area contributed by atoms with Gasteiger partial charge in [0.05, 0.1) is 36.4 Å². The molecule has 178 valence electrons. The molecule has 3 heterocycles. The lowest BCUT2D eigenvalue weighted by Gasteiger charge is -2.18. The summed E-state index contributed by atoms with van der Waals surface area (Å²) in [6.07, 6.45) is 4.96. The zero-order valence-corrected chi connectivity index (χ0v) is 19.0. The van der Waals surface area contributed by atoms with Crippen LogP contribution in [0, 0.1) is 6.92 Å². The standard InChI is InChI=1S/C26H24N4O5/c1-16-19(10-12-34-16)25(32)29-15-18-8-9-24(35-18)26(33)30-22(20-6-2-3-7-23(20)31)13-21(27)17-5-4-11-28-14-17/h2-12,14,22,27,31H,13,15H2,1H3,(H,29,32)(H,30,33)/p+1. The minimum absolute atomic E-state index is 0.0363. The second-order valence-electron chi connectivity index (χ2n) is 7.90. The third-order valence-corrected chi connectivity index (χ3v) is 5.49. The molecule has 4 aromatic rings. The van der Waals surface area contributed by atoms with E-state index in [-0.39, 0.29) is 30.4 Å². The number of hydrogen-bond acceptors (Lipinski definition) is 6. The summed E-state index contributed by atoms with van der Waals surface area (Å²) in [4.78, 5) is 29.3. The van der Waals surface area contributed by atoms with Crippen molar-refractivity contribution in [3.05, 3.63) is 107 Å². The first-order valence-electron chi connectivity index (χ1n) is 10.9. The smallest absolute Gasteiger partial charge is 0.287 e. The molecule has 2 amide bonds. The monoisotopic (exact) mass is 473 g/mol. The molecular formula is C26H25N4O5+. The number of phenolic OH excluding ortho intramolecular Hbond substituents is 1. The van der Waals surface area contributed by atoms with Crippen LogP contribution in [0.1, 0.15) is 56.0 Å². The molecule has 0 aliphatic rings. The van der Waals surface area contributed by atoms with E-state index in [1.807, 2.05) is 6.07 Å². The van der Waals surface area contributed by atoms with Crippen molar-refractivity contribution in [2.24, 2.45) is 0 Å². The van der Waals surface area contributed by atoms with Gasteiger partial charge in [-0.3, -0.25) is 20.0 Å². The molecular weight excluding hydrogens is 448 g/mol. The SMILES string of the molecule is Cc1occc1C(=O)NCc1ccc(C(=O)NC(CC(=[NH2+])c2cccnc2)c2ccccc2O)o1. The Morgan fingerprint density at radius 2 is 1.91 bits per heavy atom. The van der Waals surface area contributed by atoms with Crippen molar-refractivity contribution >= 4 is 17.5 Å². The van der Waals surface area contributed by atoms with Crippen LogP contribution in [0.3, 0.4) is 0 Å². The lowest BCUT2D eigenvalue weighted by atomic mass is 9.97. The molecule has 3 aromatic heterocycles. The summed E-state index contributed by atoms with van der Waals surface area (Å²) in [5.41, 5.74) is 2.18. The molecule has 0 aliphatic carbocycles. The first kappa shape index (κ1) is 23.5. The van der Waals surface area contributed by atoms with Crippen LogP contribution >= 0.6 is 0 Å². The number of pyridine rings is 1. The summed E-state index contributed by atoms with van der Waals surface area (Å²) in [5.74, 6) is 0.230. The van der Waals surface area contributed by atoms with Crippen LogP contribution in [0.15, 0.2) is 82.1 Å². The van der Waals surface area contributed by atoms with Crippen LogP contribution < -0.4 is 16.0 Å². The third kappa shape index (κ3) is 5.64. The topological polar surface area (TPSA) is 143 Å². The summed E-state index contributed by atoms with van der Waals surface area (Å²) in [6, 6.07) is 14.4. The maximum atomic E-state index is 13.0. The van der Waals surface area contributed by atoms with Gasteiger partial charge in [0.2, 0.25) is 0 Å². The van der Waals surface area contributed by atoms with E-state index in [0.717, 1.165) is 5.56 Å². The second kappa shape index (κ2) is 10.5. The number of aryl methyl sites for hydroxylation is 1. The average molecular weight is 474 g/mol. The van der Waals surface area contributed by atoms with E-state index in [0.29, 0.717) is 28.4 Å². The Balaban J connectivity index is 1.45. The van der Waals surface area contributed by atoms with Gasteiger partial charge in [-0.1, -0.05) is 18.2 Å². The quantitative estimate of drug-likeness (QED) is 0.275. The van der Waals surface area contributed by atoms with Crippen molar-refractivity contribution < 1.29 is 28.9 Å². The zero-order chi connectivity index (χ0) is 24.8. The molecule has 0 saturated carbocycles. The van der Waals surface area contributed by atoms with Gasteiger partial charge in [0.25, 0.3) is 11.8 Å². The number of nitrogens with two attached hydrogens (primary N) is 1. The van der Waals surface area contributed by atoms with Crippen molar-refractivity contribution in [2.75, 3.05) is 0 Å². The molecule has 0 spiro atoms. The van der Waals surface area contributed by atoms with E-state index < -0.39 is 11.9 Å². The van der Waals surface area contributed by atoms with Crippen LogP contribution in [0.25, 0.3) is 0 Å². The molecule has 9 heteroatoms. The number of furan rings is 2. The normalized spacial score (nSPS) is 11.6. The number of carbonyl (C=O) groups excluding carboxylic acids is 2. The van der Waals surface area contributed by atoms with Gasteiger partial charge in [-0.25, -0.2) is 0 Å². The fourth-order valence-corrected chi connectivity index (χ4v) is 3.62. The maximum Gasteiger partial charge on any atom is 0.287 e. The van der Waals surface area contributed by atoms with Crippen LogP contribution in [-0.4, -0.2) is 27.6 Å². The third-order valence-electron chi connectivity index (χ3n) is 5.49. The molecule has 0 radical (unpaired) electrons. The van der Waals surface area contributed by atoms with Gasteiger partial charge in [-0.2, -0.15) is 0 Å². The van der Waals surface area contributed by atoms with E-state index in [1.54, 1.807) is 61.8 Å². The lowest BCUT2D eigenvalue weighted by molar-refractivity contribution is -0.115. The zero-order valence-electron chi connectivity index (χ0n) is 19.0. The minimum Gasteiger partial charge on any atom is -0.508 e. The van der Waals surface area contributed by atoms with Crippen molar-refractivity contribution in [1.29, 1.82) is 0 Å². The van der Waals surface area contributed by atoms with Gasteiger partial charge >= 0.3 is 0 Å². The van der Waals surface area contributed by atoms with E-state index in [9.17, 15) is 14.7 Å². The van der Waals surface area contributed by atoms with E-state index in [2.05, 4.69) is 15.6 Å². The highest BCUT2D eigenvalue weighted by atomic mass is 16.4. The largest absolute Gasteiger partial charge is 0.508 e. The summed E-state index contributed by atoms with van der Waals surface area (Å²) in [5, 5.41) is 22.3. The summed E-state index contributed by atoms with van der Waals surface area (Å²) >= 11 is 0. The Labute approximate surface area is 201 Å². The number of para-hydroxylation sites is 1. The van der Waals surface area contributed by atoms with Crippen molar-refractivity contribution in [2.45, 2.75) is 25.9 Å². The van der Waals surface area contributed by atoms with Gasteiger partial charge in [0, 0.05) is 18.0 Å². The number of benzene rings is 1. The highest BCUT2D eigenvalue weighted by molar-refractivity contribution is 5.97. The predicted molar refractivity (Wildman–Crippen MR) is 127 cm³/mol. The first-order chi connectivity index (χ1) is 16.9. The Morgan fingerprint density at radius 1 is 1.09 bits per heavy atom. The van der Waals surface area contributed by atoms with E-state index in [4.69, 9.17) is 14.2 Å². The number of nitrogens with zero attached hydrogens (tertiary/aromatic N) is 1. The molecule has 35 heavy (non-hydrogen) atoms. The van der Waals surface area contributed by atoms with Crippen LogP contribution in [0.5, 0.6) is 5.75 Å². The lowest BCUT2D eigenvalue weighted by Crippen LogP contribution is -2.43. The van der Waals surface area contributed by atoms with Gasteiger partial charge in [0.1, 0.15) is 17.3 Å². The number of phenols is 1. The number of nitrogens with one attached hydrogen (secondary N) is 2. The molecule has 0 aliphatic heterocycles. The molecule has 5 N–H and O–H groups in total. The number of aromatic hydroxyl groups is 1. The van der Waals surface area contributed by atoms with Crippen molar-refractivity contribution in [1.82, 2.24) is 15.6 Å². The molecule has 1 aromatic carbocycles. The molecule has 0 saturated heterocycles. The van der Waals surface area contributed by atoms with Crippen molar-refractivity contribution in [3.8, 4) is 5.75 Å². The molecule has 4 rings (SSSR count). The van der Waals surface area contributed by atoms with Gasteiger partial charge in [-0.05, 0) is 43.3 Å². The molecule has 0 fully saturated rings. The fraction of sp³-hybridized carbons (Fsp3) is 0.154. The Hall–Kier alpha value is -4.66. The van der Waals surface area contributed by atoms with Crippen LogP contribution in [-0.2, 0) is 6.54 Å². The molecule has 0 bridgehead atoms. The van der Waals surface area contributed by atoms with Crippen LogP contribution in [0.4, 0.5) is 0 Å². The first-order valence-corrected chi connectivity index (χ1v) is 10.9.